The molecule has 96 valence electrons. The lowest BCUT2D eigenvalue weighted by atomic mass is 9.75. The van der Waals surface area contributed by atoms with Gasteiger partial charge in [-0.1, -0.05) is 6.08 Å². The number of aryl methyl sites for hydroxylation is 1. The highest BCUT2D eigenvalue weighted by Crippen LogP contribution is 2.37. The number of hydrogen-bond donors (Lipinski definition) is 1. The second-order valence-electron chi connectivity index (χ2n) is 5.51. The molecule has 1 fully saturated rings. The third-order valence-electron chi connectivity index (χ3n) is 4.30. The van der Waals surface area contributed by atoms with Gasteiger partial charge in [0.15, 0.2) is 0 Å². The van der Waals surface area contributed by atoms with Crippen LogP contribution in [0, 0.1) is 18.8 Å². The van der Waals surface area contributed by atoms with Crippen LogP contribution in [0.3, 0.4) is 0 Å². The standard InChI is InChI=1S/C15H19BrN2/c1-10-6-13(9-18-15(10)16)12-3-2-11-4-5-17-8-14(11)7-12/h3,6,9,11,14,17H,2,4-5,7-8H2,1H3/t11-,14+/m1/s1. The Bertz CT molecular complexity index is 481. The number of piperidine rings is 1. The molecule has 2 atom stereocenters. The summed E-state index contributed by atoms with van der Waals surface area (Å²) in [6, 6.07) is 2.25. The van der Waals surface area contributed by atoms with E-state index in [1.165, 1.54) is 49.1 Å². The second kappa shape index (κ2) is 5.14. The van der Waals surface area contributed by atoms with Crippen molar-refractivity contribution in [1.29, 1.82) is 0 Å². The van der Waals surface area contributed by atoms with Crippen LogP contribution in [0.2, 0.25) is 0 Å². The van der Waals surface area contributed by atoms with Crippen molar-refractivity contribution >= 4 is 21.5 Å². The lowest BCUT2D eigenvalue weighted by Crippen LogP contribution is -2.37. The minimum atomic E-state index is 0.822. The lowest BCUT2D eigenvalue weighted by Gasteiger charge is -2.35. The van der Waals surface area contributed by atoms with E-state index in [4.69, 9.17) is 0 Å². The smallest absolute Gasteiger partial charge is 0.109 e. The summed E-state index contributed by atoms with van der Waals surface area (Å²) in [5, 5.41) is 3.53. The van der Waals surface area contributed by atoms with Crippen molar-refractivity contribution in [2.45, 2.75) is 26.2 Å². The normalized spacial score (nSPS) is 27.6. The molecule has 0 aromatic carbocycles. The first-order chi connectivity index (χ1) is 8.74. The minimum Gasteiger partial charge on any atom is -0.316 e. The van der Waals surface area contributed by atoms with Gasteiger partial charge in [-0.2, -0.15) is 0 Å². The van der Waals surface area contributed by atoms with Gasteiger partial charge in [-0.25, -0.2) is 4.98 Å². The van der Waals surface area contributed by atoms with E-state index in [1.54, 1.807) is 0 Å². The number of nitrogens with one attached hydrogen (secondary N) is 1. The van der Waals surface area contributed by atoms with Crippen molar-refractivity contribution in [3.05, 3.63) is 34.1 Å². The summed E-state index contributed by atoms with van der Waals surface area (Å²) >= 11 is 3.47. The molecule has 1 aliphatic heterocycles. The number of allylic oxidation sites excluding steroid dienone is 2. The van der Waals surface area contributed by atoms with E-state index in [0.29, 0.717) is 0 Å². The third-order valence-corrected chi connectivity index (χ3v) is 5.13. The van der Waals surface area contributed by atoms with Crippen LogP contribution in [-0.2, 0) is 0 Å². The van der Waals surface area contributed by atoms with Crippen molar-refractivity contribution in [2.75, 3.05) is 13.1 Å². The molecule has 0 amide bonds. The van der Waals surface area contributed by atoms with Crippen molar-refractivity contribution in [3.8, 4) is 0 Å². The summed E-state index contributed by atoms with van der Waals surface area (Å²) in [6.45, 7) is 4.49. The van der Waals surface area contributed by atoms with E-state index in [0.717, 1.165) is 16.4 Å². The molecule has 3 heteroatoms. The number of nitrogens with zero attached hydrogens (tertiary/aromatic N) is 1. The lowest BCUT2D eigenvalue weighted by molar-refractivity contribution is 0.252. The van der Waals surface area contributed by atoms with Gasteiger partial charge in [-0.15, -0.1) is 0 Å². The number of fused-ring (bicyclic) bond motifs is 1. The largest absolute Gasteiger partial charge is 0.316 e. The first kappa shape index (κ1) is 12.4. The molecule has 3 rings (SSSR count). The molecular weight excluding hydrogens is 288 g/mol. The molecule has 18 heavy (non-hydrogen) atoms. The van der Waals surface area contributed by atoms with Crippen LogP contribution in [0.4, 0.5) is 0 Å². The summed E-state index contributed by atoms with van der Waals surface area (Å²) in [5.74, 6) is 1.72. The number of rotatable bonds is 1. The van der Waals surface area contributed by atoms with Gasteiger partial charge in [0.05, 0.1) is 0 Å². The molecule has 1 aromatic heterocycles. The van der Waals surface area contributed by atoms with Crippen molar-refractivity contribution in [1.82, 2.24) is 10.3 Å². The zero-order chi connectivity index (χ0) is 12.5. The maximum Gasteiger partial charge on any atom is 0.109 e. The number of aromatic nitrogens is 1. The molecule has 0 bridgehead atoms. The van der Waals surface area contributed by atoms with Gasteiger partial charge in [0.25, 0.3) is 0 Å². The maximum absolute atomic E-state index is 4.42. The van der Waals surface area contributed by atoms with Gasteiger partial charge in [0.2, 0.25) is 0 Å². The van der Waals surface area contributed by atoms with Crippen molar-refractivity contribution in [3.63, 3.8) is 0 Å². The van der Waals surface area contributed by atoms with Crippen LogP contribution in [0.25, 0.3) is 5.57 Å². The molecule has 1 aliphatic carbocycles. The number of halogens is 1. The monoisotopic (exact) mass is 306 g/mol. The molecule has 2 aliphatic rings. The maximum atomic E-state index is 4.42. The van der Waals surface area contributed by atoms with Gasteiger partial charge in [-0.3, -0.25) is 0 Å². The average molecular weight is 307 g/mol. The molecule has 1 N–H and O–H groups in total. The Balaban J connectivity index is 1.84. The molecule has 0 radical (unpaired) electrons. The summed E-state index contributed by atoms with van der Waals surface area (Å²) in [7, 11) is 0. The Morgan fingerprint density at radius 1 is 1.39 bits per heavy atom. The van der Waals surface area contributed by atoms with E-state index in [9.17, 15) is 0 Å². The summed E-state index contributed by atoms with van der Waals surface area (Å²) < 4.78 is 0.958. The highest BCUT2D eigenvalue weighted by molar-refractivity contribution is 9.10. The van der Waals surface area contributed by atoms with Crippen molar-refractivity contribution < 1.29 is 0 Å². The Labute approximate surface area is 117 Å². The van der Waals surface area contributed by atoms with Crippen LogP contribution in [-0.4, -0.2) is 18.1 Å². The summed E-state index contributed by atoms with van der Waals surface area (Å²) in [5.41, 5.74) is 4.01. The van der Waals surface area contributed by atoms with Crippen molar-refractivity contribution in [2.24, 2.45) is 11.8 Å². The fourth-order valence-electron chi connectivity index (χ4n) is 3.16. The van der Waals surface area contributed by atoms with E-state index < -0.39 is 0 Å². The summed E-state index contributed by atoms with van der Waals surface area (Å²) in [6.07, 6.45) is 8.24. The predicted octanol–water partition coefficient (Wildman–Crippen LogP) is 3.56. The van der Waals surface area contributed by atoms with Gasteiger partial charge in [0.1, 0.15) is 4.60 Å². The van der Waals surface area contributed by atoms with Gasteiger partial charge in [0, 0.05) is 6.20 Å². The first-order valence-corrected chi connectivity index (χ1v) is 7.55. The predicted molar refractivity (Wildman–Crippen MR) is 78.4 cm³/mol. The molecule has 0 saturated carbocycles. The highest BCUT2D eigenvalue weighted by Gasteiger charge is 2.28. The average Bonchev–Trinajstić information content (AvgIpc) is 2.41. The van der Waals surface area contributed by atoms with Gasteiger partial charge < -0.3 is 5.32 Å². The van der Waals surface area contributed by atoms with Gasteiger partial charge >= 0.3 is 0 Å². The highest BCUT2D eigenvalue weighted by atomic mass is 79.9. The van der Waals surface area contributed by atoms with Gasteiger partial charge in [-0.05, 0) is 89.8 Å². The fourth-order valence-corrected chi connectivity index (χ4v) is 3.37. The second-order valence-corrected chi connectivity index (χ2v) is 6.26. The molecule has 0 unspecified atom stereocenters. The van der Waals surface area contributed by atoms with E-state index in [2.05, 4.69) is 45.3 Å². The molecule has 1 aromatic rings. The molecule has 0 spiro atoms. The van der Waals surface area contributed by atoms with E-state index in [-0.39, 0.29) is 0 Å². The van der Waals surface area contributed by atoms with Crippen LogP contribution >= 0.6 is 15.9 Å². The Hall–Kier alpha value is -0.670. The third kappa shape index (κ3) is 2.39. The molecule has 2 nitrogen and oxygen atoms in total. The quantitative estimate of drug-likeness (QED) is 0.803. The zero-order valence-electron chi connectivity index (χ0n) is 10.7. The number of hydrogen-bond acceptors (Lipinski definition) is 2. The Kier molecular flexibility index (Phi) is 3.53. The SMILES string of the molecule is Cc1cc(C2=CC[C@@H]3CCNC[C@@H]3C2)cnc1Br. The summed E-state index contributed by atoms with van der Waals surface area (Å²) in [4.78, 5) is 4.42. The molecular formula is C15H19BrN2. The molecule has 1 saturated heterocycles. The first-order valence-electron chi connectivity index (χ1n) is 6.76. The van der Waals surface area contributed by atoms with Crippen LogP contribution < -0.4 is 5.32 Å². The Morgan fingerprint density at radius 3 is 3.11 bits per heavy atom. The van der Waals surface area contributed by atoms with Crippen LogP contribution in [0.1, 0.15) is 30.4 Å². The van der Waals surface area contributed by atoms with E-state index in [1.807, 2.05) is 6.20 Å². The fraction of sp³-hybridized carbons (Fsp3) is 0.533. The topological polar surface area (TPSA) is 24.9 Å². The van der Waals surface area contributed by atoms with Crippen LogP contribution in [0.5, 0.6) is 0 Å². The number of pyridine rings is 1. The Morgan fingerprint density at radius 2 is 2.28 bits per heavy atom. The van der Waals surface area contributed by atoms with Crippen LogP contribution in [0.15, 0.2) is 22.9 Å². The van der Waals surface area contributed by atoms with E-state index >= 15 is 0 Å². The minimum absolute atomic E-state index is 0.822. The molecule has 2 heterocycles. The zero-order valence-corrected chi connectivity index (χ0v) is 12.3.